The molecule has 0 saturated heterocycles. The van der Waals surface area contributed by atoms with E-state index in [1.165, 1.54) is 12.1 Å². The molecule has 4 rings (SSSR count). The Morgan fingerprint density at radius 3 is 2.62 bits per heavy atom. The van der Waals surface area contributed by atoms with E-state index in [2.05, 4.69) is 25.3 Å². The molecular weight excluding hydrogens is 376 g/mol. The number of hydrogen-bond donors (Lipinski definition) is 1. The number of nitrogens with zero attached hydrogens (tertiary/aromatic N) is 4. The lowest BCUT2D eigenvalue weighted by Crippen LogP contribution is -2.00. The van der Waals surface area contributed by atoms with E-state index in [0.29, 0.717) is 38.9 Å². The van der Waals surface area contributed by atoms with Crippen molar-refractivity contribution in [2.45, 2.75) is 0 Å². The normalized spacial score (nSPS) is 10.9. The first kappa shape index (κ1) is 16.6. The van der Waals surface area contributed by atoms with Crippen LogP contribution in [0.25, 0.3) is 22.4 Å². The van der Waals surface area contributed by atoms with Crippen LogP contribution >= 0.6 is 23.2 Å². The van der Waals surface area contributed by atoms with Gasteiger partial charge in [0, 0.05) is 28.5 Å². The molecule has 0 bridgehead atoms. The zero-order valence-electron chi connectivity index (χ0n) is 13.1. The maximum absolute atomic E-state index is 13.4. The van der Waals surface area contributed by atoms with E-state index in [1.54, 1.807) is 42.9 Å². The summed E-state index contributed by atoms with van der Waals surface area (Å²) in [6.07, 6.45) is 4.72. The van der Waals surface area contributed by atoms with Gasteiger partial charge in [-0.1, -0.05) is 23.2 Å². The molecule has 4 aromatic rings. The second-order valence-electron chi connectivity index (χ2n) is 5.40. The van der Waals surface area contributed by atoms with Gasteiger partial charge in [0.25, 0.3) is 0 Å². The van der Waals surface area contributed by atoms with Crippen LogP contribution in [0.1, 0.15) is 0 Å². The molecule has 0 saturated carbocycles. The first-order valence-electron chi connectivity index (χ1n) is 7.56. The molecule has 0 spiro atoms. The van der Waals surface area contributed by atoms with Gasteiger partial charge in [0.2, 0.25) is 0 Å². The lowest BCUT2D eigenvalue weighted by Gasteiger charge is -2.11. The quantitative estimate of drug-likeness (QED) is 0.519. The smallest absolute Gasteiger partial charge is 0.182 e. The van der Waals surface area contributed by atoms with Gasteiger partial charge in [0.05, 0.1) is 16.7 Å². The van der Waals surface area contributed by atoms with Gasteiger partial charge in [-0.05, 0) is 36.4 Å². The van der Waals surface area contributed by atoms with Crippen LogP contribution in [-0.2, 0) is 0 Å². The minimum absolute atomic E-state index is 0.0144. The van der Waals surface area contributed by atoms with E-state index in [0.717, 1.165) is 0 Å². The fourth-order valence-corrected chi connectivity index (χ4v) is 2.79. The molecule has 2 heterocycles. The average Bonchev–Trinajstić information content (AvgIpc) is 2.65. The SMILES string of the molecule is Fc1ccc(Nc2nc(-c3cnccn3)nc3ccc(Cl)cc23)cc1Cl. The predicted octanol–water partition coefficient (Wildman–Crippen LogP) is 5.28. The van der Waals surface area contributed by atoms with Gasteiger partial charge in [-0.15, -0.1) is 0 Å². The second kappa shape index (κ2) is 6.82. The number of aromatic nitrogens is 4. The Morgan fingerprint density at radius 1 is 0.962 bits per heavy atom. The number of rotatable bonds is 3. The van der Waals surface area contributed by atoms with Gasteiger partial charge in [-0.25, -0.2) is 19.3 Å². The molecule has 5 nitrogen and oxygen atoms in total. The van der Waals surface area contributed by atoms with Crippen LogP contribution in [0.4, 0.5) is 15.9 Å². The third-order valence-electron chi connectivity index (χ3n) is 3.63. The Labute approximate surface area is 157 Å². The van der Waals surface area contributed by atoms with Crippen LogP contribution in [-0.4, -0.2) is 19.9 Å². The van der Waals surface area contributed by atoms with Gasteiger partial charge < -0.3 is 5.32 Å². The zero-order chi connectivity index (χ0) is 18.1. The molecule has 2 aromatic carbocycles. The van der Waals surface area contributed by atoms with Crippen LogP contribution < -0.4 is 5.32 Å². The summed E-state index contributed by atoms with van der Waals surface area (Å²) in [5.41, 5.74) is 1.80. The topological polar surface area (TPSA) is 63.6 Å². The van der Waals surface area contributed by atoms with E-state index >= 15 is 0 Å². The Balaban J connectivity index is 1.87. The van der Waals surface area contributed by atoms with Gasteiger partial charge in [-0.3, -0.25) is 4.98 Å². The number of benzene rings is 2. The fraction of sp³-hybridized carbons (Fsp3) is 0. The summed E-state index contributed by atoms with van der Waals surface area (Å²) < 4.78 is 13.4. The largest absolute Gasteiger partial charge is 0.340 e. The summed E-state index contributed by atoms with van der Waals surface area (Å²) >= 11 is 12.0. The molecule has 0 fully saturated rings. The maximum Gasteiger partial charge on any atom is 0.182 e. The first-order chi connectivity index (χ1) is 12.6. The van der Waals surface area contributed by atoms with E-state index in [4.69, 9.17) is 23.2 Å². The zero-order valence-corrected chi connectivity index (χ0v) is 14.6. The monoisotopic (exact) mass is 385 g/mol. The van der Waals surface area contributed by atoms with Gasteiger partial charge >= 0.3 is 0 Å². The van der Waals surface area contributed by atoms with Crippen molar-refractivity contribution in [3.05, 3.63) is 70.9 Å². The Kier molecular flexibility index (Phi) is 4.36. The van der Waals surface area contributed by atoms with Gasteiger partial charge in [-0.2, -0.15) is 0 Å². The van der Waals surface area contributed by atoms with Crippen molar-refractivity contribution < 1.29 is 4.39 Å². The number of nitrogens with one attached hydrogen (secondary N) is 1. The third kappa shape index (κ3) is 3.29. The van der Waals surface area contributed by atoms with Crippen LogP contribution in [0, 0.1) is 5.82 Å². The first-order valence-corrected chi connectivity index (χ1v) is 8.31. The highest BCUT2D eigenvalue weighted by molar-refractivity contribution is 6.31. The van der Waals surface area contributed by atoms with Gasteiger partial charge in [0.1, 0.15) is 17.3 Å². The van der Waals surface area contributed by atoms with Gasteiger partial charge in [0.15, 0.2) is 5.82 Å². The number of hydrogen-bond acceptors (Lipinski definition) is 5. The molecular formula is C18H10Cl2FN5. The van der Waals surface area contributed by atoms with Crippen molar-refractivity contribution in [3.63, 3.8) is 0 Å². The van der Waals surface area contributed by atoms with Crippen molar-refractivity contribution in [1.82, 2.24) is 19.9 Å². The summed E-state index contributed by atoms with van der Waals surface area (Å²) in [7, 11) is 0. The Bertz CT molecular complexity index is 1110. The molecule has 26 heavy (non-hydrogen) atoms. The Hall–Kier alpha value is -2.83. The van der Waals surface area contributed by atoms with Crippen molar-refractivity contribution in [3.8, 4) is 11.5 Å². The summed E-state index contributed by atoms with van der Waals surface area (Å²) in [6, 6.07) is 9.63. The van der Waals surface area contributed by atoms with E-state index in [1.807, 2.05) is 0 Å². The predicted molar refractivity (Wildman–Crippen MR) is 100 cm³/mol. The van der Waals surface area contributed by atoms with Crippen LogP contribution in [0.2, 0.25) is 10.0 Å². The van der Waals surface area contributed by atoms with Crippen LogP contribution in [0.5, 0.6) is 0 Å². The summed E-state index contributed by atoms with van der Waals surface area (Å²) in [4.78, 5) is 17.3. The molecule has 128 valence electrons. The molecule has 8 heteroatoms. The number of halogens is 3. The highest BCUT2D eigenvalue weighted by Crippen LogP contribution is 2.30. The molecule has 0 radical (unpaired) electrons. The number of anilines is 2. The molecule has 0 amide bonds. The average molecular weight is 386 g/mol. The molecule has 1 N–H and O–H groups in total. The molecule has 0 aliphatic heterocycles. The summed E-state index contributed by atoms with van der Waals surface area (Å²) in [5, 5.41) is 4.42. The number of fused-ring (bicyclic) bond motifs is 1. The minimum Gasteiger partial charge on any atom is -0.340 e. The fourth-order valence-electron chi connectivity index (χ4n) is 2.44. The molecule has 2 aromatic heterocycles. The van der Waals surface area contributed by atoms with Crippen LogP contribution in [0.15, 0.2) is 55.0 Å². The molecule has 0 aliphatic rings. The molecule has 0 aliphatic carbocycles. The van der Waals surface area contributed by atoms with Crippen molar-refractivity contribution in [1.29, 1.82) is 0 Å². The van der Waals surface area contributed by atoms with Crippen molar-refractivity contribution >= 4 is 45.6 Å². The lowest BCUT2D eigenvalue weighted by atomic mass is 10.2. The van der Waals surface area contributed by atoms with Crippen LogP contribution in [0.3, 0.4) is 0 Å². The summed E-state index contributed by atoms with van der Waals surface area (Å²) in [6.45, 7) is 0. The summed E-state index contributed by atoms with van der Waals surface area (Å²) in [5.74, 6) is 0.414. The lowest BCUT2D eigenvalue weighted by molar-refractivity contribution is 0.628. The van der Waals surface area contributed by atoms with Crippen molar-refractivity contribution in [2.75, 3.05) is 5.32 Å². The molecule has 0 unspecified atom stereocenters. The van der Waals surface area contributed by atoms with Crippen molar-refractivity contribution in [2.24, 2.45) is 0 Å². The maximum atomic E-state index is 13.4. The molecule has 0 atom stereocenters. The standard InChI is InChI=1S/C18H10Cl2FN5/c19-10-1-4-15-12(7-10)17(24-11-2-3-14(21)13(20)8-11)26-18(25-15)16-9-22-5-6-23-16/h1-9H,(H,24,25,26). The van der Waals surface area contributed by atoms with E-state index in [9.17, 15) is 4.39 Å². The Morgan fingerprint density at radius 2 is 1.85 bits per heavy atom. The highest BCUT2D eigenvalue weighted by atomic mass is 35.5. The van der Waals surface area contributed by atoms with E-state index in [-0.39, 0.29) is 5.02 Å². The highest BCUT2D eigenvalue weighted by Gasteiger charge is 2.12. The van der Waals surface area contributed by atoms with E-state index < -0.39 is 5.82 Å². The minimum atomic E-state index is -0.493. The second-order valence-corrected chi connectivity index (χ2v) is 6.25. The third-order valence-corrected chi connectivity index (χ3v) is 4.16.